The third-order valence-corrected chi connectivity index (χ3v) is 6.29. The highest BCUT2D eigenvalue weighted by Crippen LogP contribution is 2.33. The lowest BCUT2D eigenvalue weighted by Gasteiger charge is -2.25. The van der Waals surface area contributed by atoms with Crippen LogP contribution >= 0.6 is 11.3 Å². The third-order valence-electron chi connectivity index (χ3n) is 5.27. The minimum Gasteiger partial charge on any atom is -0.302 e. The summed E-state index contributed by atoms with van der Waals surface area (Å²) in [4.78, 5) is 21.7. The van der Waals surface area contributed by atoms with E-state index in [9.17, 15) is 18.0 Å². The molecule has 4 nitrogen and oxygen atoms in total. The molecule has 8 heteroatoms. The number of fused-ring (bicyclic) bond motifs is 1. The fourth-order valence-electron chi connectivity index (χ4n) is 3.52. The molecule has 0 spiro atoms. The molecule has 0 saturated carbocycles. The Morgan fingerprint density at radius 3 is 2.42 bits per heavy atom. The lowest BCUT2D eigenvalue weighted by Crippen LogP contribution is -2.39. The molecule has 0 radical (unpaired) electrons. The fraction of sp³-hybridized carbons (Fsp3) is 0.391. The second kappa shape index (κ2) is 9.36. The van der Waals surface area contributed by atoms with Crippen molar-refractivity contribution < 1.29 is 18.0 Å². The molecular formula is C23H26F3N3OS. The maximum absolute atomic E-state index is 13.3. The van der Waals surface area contributed by atoms with Crippen LogP contribution in [0.5, 0.6) is 0 Å². The van der Waals surface area contributed by atoms with Crippen LogP contribution in [0.15, 0.2) is 36.4 Å². The van der Waals surface area contributed by atoms with Crippen molar-refractivity contribution in [3.05, 3.63) is 58.7 Å². The number of hydrogen-bond donors (Lipinski definition) is 0. The Kier molecular flexibility index (Phi) is 7.01. The monoisotopic (exact) mass is 449 g/mol. The highest BCUT2D eigenvalue weighted by molar-refractivity contribution is 7.22. The van der Waals surface area contributed by atoms with Gasteiger partial charge in [0.25, 0.3) is 5.91 Å². The highest BCUT2D eigenvalue weighted by Gasteiger charge is 2.32. The number of alkyl halides is 3. The van der Waals surface area contributed by atoms with Crippen LogP contribution in [-0.2, 0) is 6.18 Å². The van der Waals surface area contributed by atoms with Crippen molar-refractivity contribution in [3.63, 3.8) is 0 Å². The molecule has 0 aliphatic carbocycles. The van der Waals surface area contributed by atoms with E-state index in [2.05, 4.69) is 9.88 Å². The lowest BCUT2D eigenvalue weighted by molar-refractivity contribution is -0.137. The maximum Gasteiger partial charge on any atom is 0.416 e. The van der Waals surface area contributed by atoms with Gasteiger partial charge in [-0.25, -0.2) is 4.98 Å². The summed E-state index contributed by atoms with van der Waals surface area (Å²) in [6.45, 7) is 10.6. The van der Waals surface area contributed by atoms with Gasteiger partial charge in [0.15, 0.2) is 5.13 Å². The van der Waals surface area contributed by atoms with E-state index in [1.807, 2.05) is 39.8 Å². The van der Waals surface area contributed by atoms with E-state index in [0.717, 1.165) is 46.6 Å². The average molecular weight is 450 g/mol. The molecule has 0 aliphatic rings. The average Bonchev–Trinajstić information content (AvgIpc) is 3.14. The number of benzene rings is 2. The number of nitrogens with zero attached hydrogens (tertiary/aromatic N) is 3. The van der Waals surface area contributed by atoms with Gasteiger partial charge in [-0.1, -0.05) is 37.3 Å². The summed E-state index contributed by atoms with van der Waals surface area (Å²) < 4.78 is 40.5. The van der Waals surface area contributed by atoms with Gasteiger partial charge in [-0.05, 0) is 62.3 Å². The number of likely N-dealkylation sites (N-methyl/N-ethyl adjacent to an activating group) is 1. The number of aromatic nitrogens is 1. The molecule has 166 valence electrons. The number of halogens is 3. The standard InChI is InChI=1S/C23H26F3N3OS/c1-5-28(6-2)10-11-29(21(30)17-8-7-9-18(14-17)23(24,25)26)22-27-20-16(4)12-15(3)13-19(20)31-22/h7-9,12-14H,5-6,10-11H2,1-4H3. The van der Waals surface area contributed by atoms with Crippen molar-refractivity contribution >= 4 is 32.6 Å². The molecule has 0 saturated heterocycles. The summed E-state index contributed by atoms with van der Waals surface area (Å²) in [6.07, 6.45) is -4.51. The Labute approximate surface area is 184 Å². The van der Waals surface area contributed by atoms with Gasteiger partial charge < -0.3 is 4.90 Å². The highest BCUT2D eigenvalue weighted by atomic mass is 32.1. The molecular weight excluding hydrogens is 423 g/mol. The summed E-state index contributed by atoms with van der Waals surface area (Å²) >= 11 is 1.39. The summed E-state index contributed by atoms with van der Waals surface area (Å²) in [7, 11) is 0. The lowest BCUT2D eigenvalue weighted by atomic mass is 10.1. The zero-order valence-electron chi connectivity index (χ0n) is 18.1. The Morgan fingerprint density at radius 1 is 1.06 bits per heavy atom. The van der Waals surface area contributed by atoms with Gasteiger partial charge in [-0.15, -0.1) is 0 Å². The molecule has 1 heterocycles. The second-order valence-corrected chi connectivity index (χ2v) is 8.50. The molecule has 0 N–H and O–H groups in total. The first-order chi connectivity index (χ1) is 14.6. The van der Waals surface area contributed by atoms with Crippen molar-refractivity contribution in [3.8, 4) is 0 Å². The van der Waals surface area contributed by atoms with E-state index in [0.29, 0.717) is 18.2 Å². The molecule has 2 aromatic carbocycles. The van der Waals surface area contributed by atoms with Crippen LogP contribution in [0.2, 0.25) is 0 Å². The number of rotatable bonds is 7. The van der Waals surface area contributed by atoms with E-state index >= 15 is 0 Å². The molecule has 1 amide bonds. The van der Waals surface area contributed by atoms with Gasteiger partial charge in [0.2, 0.25) is 0 Å². The molecule has 0 aliphatic heterocycles. The van der Waals surface area contributed by atoms with E-state index in [1.54, 1.807) is 0 Å². The number of carbonyl (C=O) groups excluding carboxylic acids is 1. The quantitative estimate of drug-likeness (QED) is 0.449. The fourth-order valence-corrected chi connectivity index (χ4v) is 4.69. The van der Waals surface area contributed by atoms with Crippen molar-refractivity contribution in [2.24, 2.45) is 0 Å². The van der Waals surface area contributed by atoms with Crippen LogP contribution in [0.1, 0.15) is 40.9 Å². The van der Waals surface area contributed by atoms with Crippen molar-refractivity contribution in [1.82, 2.24) is 9.88 Å². The first kappa shape index (κ1) is 23.2. The maximum atomic E-state index is 13.3. The number of carbonyl (C=O) groups is 1. The molecule has 0 unspecified atom stereocenters. The molecule has 0 bridgehead atoms. The van der Waals surface area contributed by atoms with Crippen LogP contribution in [0.4, 0.5) is 18.3 Å². The molecule has 0 fully saturated rings. The van der Waals surface area contributed by atoms with Crippen LogP contribution < -0.4 is 4.90 Å². The molecule has 1 aromatic heterocycles. The molecule has 0 atom stereocenters. The van der Waals surface area contributed by atoms with E-state index in [4.69, 9.17) is 0 Å². The third kappa shape index (κ3) is 5.25. The molecule has 3 aromatic rings. The van der Waals surface area contributed by atoms with E-state index in [1.165, 1.54) is 28.4 Å². The van der Waals surface area contributed by atoms with Crippen LogP contribution in [0.25, 0.3) is 10.2 Å². The van der Waals surface area contributed by atoms with Crippen molar-refractivity contribution in [2.45, 2.75) is 33.9 Å². The second-order valence-electron chi connectivity index (χ2n) is 7.49. The van der Waals surface area contributed by atoms with Gasteiger partial charge in [0.05, 0.1) is 15.8 Å². The minimum absolute atomic E-state index is 0.00142. The summed E-state index contributed by atoms with van der Waals surface area (Å²) in [5.74, 6) is -0.480. The van der Waals surface area contributed by atoms with Gasteiger partial charge in [-0.2, -0.15) is 13.2 Å². The Morgan fingerprint density at radius 2 is 1.77 bits per heavy atom. The van der Waals surface area contributed by atoms with Crippen molar-refractivity contribution in [1.29, 1.82) is 0 Å². The van der Waals surface area contributed by atoms with Crippen molar-refractivity contribution in [2.75, 3.05) is 31.1 Å². The SMILES string of the molecule is CCN(CC)CCN(C(=O)c1cccc(C(F)(F)F)c1)c1nc2c(C)cc(C)cc2s1. The summed E-state index contributed by atoms with van der Waals surface area (Å²) in [5, 5.41) is 0.498. The number of aryl methyl sites for hydroxylation is 2. The van der Waals surface area contributed by atoms with Crippen LogP contribution in [-0.4, -0.2) is 42.0 Å². The smallest absolute Gasteiger partial charge is 0.302 e. The predicted octanol–water partition coefficient (Wildman–Crippen LogP) is 5.92. The number of thiazole rings is 1. The number of anilines is 1. The Hall–Kier alpha value is -2.45. The Bertz CT molecular complexity index is 1070. The van der Waals surface area contributed by atoms with E-state index in [-0.39, 0.29) is 5.56 Å². The van der Waals surface area contributed by atoms with Gasteiger partial charge >= 0.3 is 6.18 Å². The summed E-state index contributed by atoms with van der Waals surface area (Å²) in [5.41, 5.74) is 2.08. The zero-order chi connectivity index (χ0) is 22.8. The topological polar surface area (TPSA) is 36.4 Å². The summed E-state index contributed by atoms with van der Waals surface area (Å²) in [6, 6.07) is 8.62. The van der Waals surface area contributed by atoms with Gasteiger partial charge in [0, 0.05) is 18.7 Å². The Balaban J connectivity index is 2.02. The number of hydrogen-bond acceptors (Lipinski definition) is 4. The predicted molar refractivity (Wildman–Crippen MR) is 120 cm³/mol. The van der Waals surface area contributed by atoms with E-state index < -0.39 is 17.6 Å². The van der Waals surface area contributed by atoms with Gasteiger partial charge in [0.1, 0.15) is 0 Å². The largest absolute Gasteiger partial charge is 0.416 e. The van der Waals surface area contributed by atoms with Crippen LogP contribution in [0.3, 0.4) is 0 Å². The minimum atomic E-state index is -4.51. The molecule has 31 heavy (non-hydrogen) atoms. The zero-order valence-corrected chi connectivity index (χ0v) is 18.9. The molecule has 3 rings (SSSR count). The first-order valence-electron chi connectivity index (χ1n) is 10.2. The van der Waals surface area contributed by atoms with Gasteiger partial charge in [-0.3, -0.25) is 9.69 Å². The first-order valence-corrected chi connectivity index (χ1v) is 11.0. The van der Waals surface area contributed by atoms with Crippen LogP contribution in [0, 0.1) is 13.8 Å². The number of amides is 1. The normalized spacial score (nSPS) is 12.0.